The van der Waals surface area contributed by atoms with Gasteiger partial charge in [-0.2, -0.15) is 0 Å². The highest BCUT2D eigenvalue weighted by Gasteiger charge is 2.16. The average molecular weight is 639 g/mol. The van der Waals surface area contributed by atoms with Gasteiger partial charge in [0.25, 0.3) is 0 Å². The number of carbonyl (C=O) groups is 2. The molecule has 0 bridgehead atoms. The molecule has 0 aliphatic rings. The first-order chi connectivity index (χ1) is 21.6. The molecule has 0 saturated heterocycles. The zero-order valence-corrected chi connectivity index (χ0v) is 29.9. The molecule has 0 aromatic heterocycles. The van der Waals surface area contributed by atoms with E-state index in [0.717, 1.165) is 44.9 Å². The number of halogens is 1. The monoisotopic (exact) mass is 639 g/mol. The quantitative estimate of drug-likeness (QED) is 0.0304. The normalized spacial score (nSPS) is 12.3. The maximum absolute atomic E-state index is 12.2. The third-order valence-corrected chi connectivity index (χ3v) is 8.56. The molecule has 1 atom stereocenters. The molecule has 0 heterocycles. The van der Waals surface area contributed by atoms with E-state index < -0.39 is 6.10 Å². The lowest BCUT2D eigenvalue weighted by atomic mass is 10.0. The fourth-order valence-corrected chi connectivity index (χ4v) is 5.49. The minimum Gasteiger partial charge on any atom is -0.462 e. The van der Waals surface area contributed by atoms with Crippen LogP contribution in [-0.2, 0) is 19.1 Å². The molecule has 0 N–H and O–H groups in total. The Morgan fingerprint density at radius 1 is 0.523 bits per heavy atom. The minimum absolute atomic E-state index is 0.0506. The van der Waals surface area contributed by atoms with Crippen LogP contribution in [0, 0.1) is 0 Å². The van der Waals surface area contributed by atoms with Gasteiger partial charge in [0.1, 0.15) is 12.7 Å². The van der Waals surface area contributed by atoms with E-state index in [2.05, 4.69) is 38.2 Å². The van der Waals surface area contributed by atoms with Crippen LogP contribution in [0.15, 0.2) is 24.3 Å². The van der Waals surface area contributed by atoms with Crippen molar-refractivity contribution in [2.75, 3.05) is 12.5 Å². The van der Waals surface area contributed by atoms with Gasteiger partial charge in [-0.3, -0.25) is 9.59 Å². The minimum atomic E-state index is -0.563. The van der Waals surface area contributed by atoms with Gasteiger partial charge >= 0.3 is 11.9 Å². The summed E-state index contributed by atoms with van der Waals surface area (Å²) in [5.41, 5.74) is 0. The molecule has 0 aromatic carbocycles. The van der Waals surface area contributed by atoms with Gasteiger partial charge in [0, 0.05) is 12.8 Å². The van der Waals surface area contributed by atoms with Gasteiger partial charge in [-0.05, 0) is 44.9 Å². The van der Waals surface area contributed by atoms with E-state index in [1.807, 2.05) is 0 Å². The SMILES string of the molecule is CCCCC/C=C\C/C=C\CCCCCCCC(=O)OC(CCl)COC(=O)CCCCCCCCCCCCCCCCC. The average Bonchev–Trinajstić information content (AvgIpc) is 3.02. The molecule has 0 fully saturated rings. The van der Waals surface area contributed by atoms with Crippen molar-refractivity contribution < 1.29 is 19.1 Å². The molecule has 0 radical (unpaired) electrons. The molecule has 44 heavy (non-hydrogen) atoms. The first-order valence-corrected chi connectivity index (χ1v) is 19.4. The molecule has 0 saturated carbocycles. The second-order valence-corrected chi connectivity index (χ2v) is 12.9. The Morgan fingerprint density at radius 3 is 1.39 bits per heavy atom. The van der Waals surface area contributed by atoms with Gasteiger partial charge in [-0.25, -0.2) is 0 Å². The van der Waals surface area contributed by atoms with Crippen LogP contribution in [0.1, 0.15) is 194 Å². The number of allylic oxidation sites excluding steroid dienone is 4. The van der Waals surface area contributed by atoms with Crippen molar-refractivity contribution in [3.63, 3.8) is 0 Å². The number of hydrogen-bond donors (Lipinski definition) is 0. The number of unbranched alkanes of at least 4 members (excludes halogenated alkanes) is 22. The predicted octanol–water partition coefficient (Wildman–Crippen LogP) is 12.8. The highest BCUT2D eigenvalue weighted by Crippen LogP contribution is 2.14. The number of hydrogen-bond acceptors (Lipinski definition) is 4. The Morgan fingerprint density at radius 2 is 0.909 bits per heavy atom. The fourth-order valence-electron chi connectivity index (χ4n) is 5.33. The molecule has 5 heteroatoms. The predicted molar refractivity (Wildman–Crippen MR) is 190 cm³/mol. The van der Waals surface area contributed by atoms with E-state index in [0.29, 0.717) is 12.8 Å². The van der Waals surface area contributed by atoms with Crippen LogP contribution in [0.3, 0.4) is 0 Å². The van der Waals surface area contributed by atoms with Crippen LogP contribution in [0.25, 0.3) is 0 Å². The van der Waals surface area contributed by atoms with Gasteiger partial charge in [-0.15, -0.1) is 11.6 Å². The number of carbonyl (C=O) groups excluding carboxylic acids is 2. The van der Waals surface area contributed by atoms with E-state index in [-0.39, 0.29) is 24.4 Å². The largest absolute Gasteiger partial charge is 0.462 e. The zero-order valence-electron chi connectivity index (χ0n) is 29.1. The lowest BCUT2D eigenvalue weighted by Crippen LogP contribution is -2.26. The fraction of sp³-hybridized carbons (Fsp3) is 0.846. The Kier molecular flexibility index (Phi) is 35.1. The van der Waals surface area contributed by atoms with Crippen molar-refractivity contribution in [3.05, 3.63) is 24.3 Å². The van der Waals surface area contributed by atoms with Gasteiger partial charge < -0.3 is 9.47 Å². The summed E-state index contributed by atoms with van der Waals surface area (Å²) in [7, 11) is 0. The Hall–Kier alpha value is -1.29. The van der Waals surface area contributed by atoms with Crippen LogP contribution in [0.4, 0.5) is 0 Å². The van der Waals surface area contributed by atoms with Gasteiger partial charge in [0.2, 0.25) is 0 Å². The summed E-state index contributed by atoms with van der Waals surface area (Å²) in [6.45, 7) is 4.56. The van der Waals surface area contributed by atoms with Gasteiger partial charge in [-0.1, -0.05) is 160 Å². The van der Waals surface area contributed by atoms with Gasteiger partial charge in [0.15, 0.2) is 0 Å². The van der Waals surface area contributed by atoms with E-state index >= 15 is 0 Å². The number of esters is 2. The highest BCUT2D eigenvalue weighted by atomic mass is 35.5. The third-order valence-electron chi connectivity index (χ3n) is 8.22. The summed E-state index contributed by atoms with van der Waals surface area (Å²) in [4.78, 5) is 24.3. The van der Waals surface area contributed by atoms with E-state index in [9.17, 15) is 9.59 Å². The van der Waals surface area contributed by atoms with Crippen LogP contribution in [-0.4, -0.2) is 30.5 Å². The maximum atomic E-state index is 12.2. The Labute approximate surface area is 278 Å². The van der Waals surface area contributed by atoms with Crippen LogP contribution in [0.2, 0.25) is 0 Å². The summed E-state index contributed by atoms with van der Waals surface area (Å²) in [5, 5.41) is 0. The number of alkyl halides is 1. The van der Waals surface area contributed by atoms with E-state index in [4.69, 9.17) is 21.1 Å². The lowest BCUT2D eigenvalue weighted by molar-refractivity contribution is -0.157. The molecule has 0 aliphatic heterocycles. The summed E-state index contributed by atoms with van der Waals surface area (Å²) in [6.07, 6.45) is 41.5. The first-order valence-electron chi connectivity index (χ1n) is 18.8. The molecule has 4 nitrogen and oxygen atoms in total. The molecule has 0 amide bonds. The van der Waals surface area contributed by atoms with Crippen LogP contribution < -0.4 is 0 Å². The van der Waals surface area contributed by atoms with Crippen molar-refractivity contribution >= 4 is 23.5 Å². The lowest BCUT2D eigenvalue weighted by Gasteiger charge is -2.15. The van der Waals surface area contributed by atoms with Crippen molar-refractivity contribution in [1.82, 2.24) is 0 Å². The summed E-state index contributed by atoms with van der Waals surface area (Å²) in [6, 6.07) is 0. The Bertz CT molecular complexity index is 675. The zero-order chi connectivity index (χ0) is 32.2. The summed E-state index contributed by atoms with van der Waals surface area (Å²) in [5.74, 6) is -0.334. The van der Waals surface area contributed by atoms with E-state index in [1.165, 1.54) is 122 Å². The van der Waals surface area contributed by atoms with Gasteiger partial charge in [0.05, 0.1) is 5.88 Å². The second kappa shape index (κ2) is 36.2. The Balaban J connectivity index is 3.56. The molecule has 0 spiro atoms. The topological polar surface area (TPSA) is 52.6 Å². The van der Waals surface area contributed by atoms with Crippen molar-refractivity contribution in [3.8, 4) is 0 Å². The van der Waals surface area contributed by atoms with Crippen molar-refractivity contribution in [2.24, 2.45) is 0 Å². The van der Waals surface area contributed by atoms with Crippen molar-refractivity contribution in [2.45, 2.75) is 200 Å². The molecular weight excluding hydrogens is 568 g/mol. The maximum Gasteiger partial charge on any atom is 0.306 e. The number of rotatable bonds is 34. The molecule has 258 valence electrons. The summed E-state index contributed by atoms with van der Waals surface area (Å²) < 4.78 is 10.8. The van der Waals surface area contributed by atoms with E-state index in [1.54, 1.807) is 0 Å². The molecule has 0 aromatic rings. The highest BCUT2D eigenvalue weighted by molar-refractivity contribution is 6.18. The first kappa shape index (κ1) is 42.7. The van der Waals surface area contributed by atoms with Crippen molar-refractivity contribution in [1.29, 1.82) is 0 Å². The molecule has 1 unspecified atom stereocenters. The smallest absolute Gasteiger partial charge is 0.306 e. The molecule has 0 rings (SSSR count). The second-order valence-electron chi connectivity index (χ2n) is 12.6. The van der Waals surface area contributed by atoms with Crippen LogP contribution in [0.5, 0.6) is 0 Å². The standard InChI is InChI=1S/C39H71ClO4/c1-3-5-7-9-11-13-15-17-19-21-23-25-27-29-31-33-38(41)43-36-37(35-40)44-39(42)34-32-30-28-26-24-22-20-18-16-14-12-10-8-6-4-2/h12,14,18,20,37H,3-11,13,15-17,19,21-36H2,1-2H3/b14-12-,20-18-. The molecule has 0 aliphatic carbocycles. The summed E-state index contributed by atoms with van der Waals surface area (Å²) >= 11 is 5.96. The third kappa shape index (κ3) is 33.6. The molecular formula is C39H71ClO4. The number of ether oxygens (including phenoxy) is 2. The van der Waals surface area contributed by atoms with Crippen LogP contribution >= 0.6 is 11.6 Å².